The molecule has 0 saturated carbocycles. The van der Waals surface area contributed by atoms with E-state index in [4.69, 9.17) is 4.74 Å². The van der Waals surface area contributed by atoms with E-state index >= 15 is 0 Å². The monoisotopic (exact) mass is 304 g/mol. The molecule has 1 fully saturated rings. The fourth-order valence-electron chi connectivity index (χ4n) is 2.40. The Hall–Kier alpha value is -2.22. The molecular weight excluding hydrogens is 284 g/mol. The first-order valence-electron chi connectivity index (χ1n) is 7.39. The van der Waals surface area contributed by atoms with Gasteiger partial charge in [0, 0.05) is 12.5 Å². The zero-order chi connectivity index (χ0) is 15.7. The maximum Gasteiger partial charge on any atom is 0.272 e. The number of amides is 1. The zero-order valence-electron chi connectivity index (χ0n) is 13.0. The van der Waals surface area contributed by atoms with Gasteiger partial charge in [-0.15, -0.1) is 0 Å². The van der Waals surface area contributed by atoms with Crippen LogP contribution in [-0.2, 0) is 4.74 Å². The number of carbonyl (C=O) groups is 1. The number of nitrogens with one attached hydrogen (secondary N) is 2. The molecule has 0 radical (unpaired) electrons. The molecule has 118 valence electrons. The summed E-state index contributed by atoms with van der Waals surface area (Å²) in [7, 11) is 0. The maximum absolute atomic E-state index is 12.6. The van der Waals surface area contributed by atoms with Crippen LogP contribution in [0.2, 0.25) is 0 Å². The van der Waals surface area contributed by atoms with Crippen LogP contribution in [0.1, 0.15) is 53.8 Å². The number of morpholine rings is 1. The van der Waals surface area contributed by atoms with Crippen LogP contribution in [-0.4, -0.2) is 55.7 Å². The minimum Gasteiger partial charge on any atom is -0.366 e. The summed E-state index contributed by atoms with van der Waals surface area (Å²) in [5.74, 6) is 2.33. The SMILES string of the molecule is Cc1nc(C2CN(C(=O)c3cnc(C(C)C)[nH]3)CCO2)n[nH]1. The highest BCUT2D eigenvalue weighted by Gasteiger charge is 2.29. The van der Waals surface area contributed by atoms with Gasteiger partial charge >= 0.3 is 0 Å². The average molecular weight is 304 g/mol. The van der Waals surface area contributed by atoms with Crippen molar-refractivity contribution in [2.75, 3.05) is 19.7 Å². The molecule has 1 atom stereocenters. The highest BCUT2D eigenvalue weighted by molar-refractivity contribution is 5.92. The predicted molar refractivity (Wildman–Crippen MR) is 78.4 cm³/mol. The number of carbonyl (C=O) groups excluding carboxylic acids is 1. The Kier molecular flexibility index (Phi) is 3.93. The highest BCUT2D eigenvalue weighted by atomic mass is 16.5. The van der Waals surface area contributed by atoms with Crippen molar-refractivity contribution in [3.63, 3.8) is 0 Å². The predicted octanol–water partition coefficient (Wildman–Crippen LogP) is 1.17. The van der Waals surface area contributed by atoms with E-state index in [0.29, 0.717) is 31.2 Å². The van der Waals surface area contributed by atoms with Crippen LogP contribution >= 0.6 is 0 Å². The number of H-pyrrole nitrogens is 2. The number of rotatable bonds is 3. The second-order valence-electron chi connectivity index (χ2n) is 5.73. The second kappa shape index (κ2) is 5.88. The van der Waals surface area contributed by atoms with Crippen molar-refractivity contribution in [2.45, 2.75) is 32.8 Å². The Morgan fingerprint density at radius 1 is 1.50 bits per heavy atom. The van der Waals surface area contributed by atoms with E-state index in [1.54, 1.807) is 11.1 Å². The maximum atomic E-state index is 12.6. The summed E-state index contributed by atoms with van der Waals surface area (Å²) in [6.07, 6.45) is 1.30. The molecule has 1 aliphatic heterocycles. The lowest BCUT2D eigenvalue weighted by atomic mass is 10.2. The molecule has 22 heavy (non-hydrogen) atoms. The lowest BCUT2D eigenvalue weighted by Gasteiger charge is -2.31. The van der Waals surface area contributed by atoms with Gasteiger partial charge in [-0.25, -0.2) is 9.97 Å². The standard InChI is InChI=1S/C14H20N6O2/c1-8(2)12-15-6-10(17-12)14(21)20-4-5-22-11(7-20)13-16-9(3)18-19-13/h6,8,11H,4-5,7H2,1-3H3,(H,15,17)(H,16,18,19). The third-order valence-electron chi connectivity index (χ3n) is 3.63. The van der Waals surface area contributed by atoms with E-state index in [9.17, 15) is 4.79 Å². The van der Waals surface area contributed by atoms with E-state index in [0.717, 1.165) is 11.6 Å². The molecule has 3 heterocycles. The Morgan fingerprint density at radius 3 is 2.95 bits per heavy atom. The molecule has 3 rings (SSSR count). The summed E-state index contributed by atoms with van der Waals surface area (Å²) in [6, 6.07) is 0. The summed E-state index contributed by atoms with van der Waals surface area (Å²) in [5.41, 5.74) is 0.510. The third kappa shape index (κ3) is 2.87. The Morgan fingerprint density at radius 2 is 2.32 bits per heavy atom. The number of hydrogen-bond acceptors (Lipinski definition) is 5. The van der Waals surface area contributed by atoms with Crippen LogP contribution in [0.15, 0.2) is 6.20 Å². The molecular formula is C14H20N6O2. The molecule has 2 aromatic rings. The number of aromatic amines is 2. The molecule has 0 aromatic carbocycles. The van der Waals surface area contributed by atoms with Crippen LogP contribution in [0.3, 0.4) is 0 Å². The minimum atomic E-state index is -0.296. The summed E-state index contributed by atoms with van der Waals surface area (Å²) < 4.78 is 5.67. The Labute approximate surface area is 128 Å². The lowest BCUT2D eigenvalue weighted by molar-refractivity contribution is -0.0268. The quantitative estimate of drug-likeness (QED) is 0.886. The molecule has 1 aliphatic rings. The number of nitrogens with zero attached hydrogens (tertiary/aromatic N) is 4. The number of ether oxygens (including phenoxy) is 1. The smallest absolute Gasteiger partial charge is 0.272 e. The van der Waals surface area contributed by atoms with Crippen molar-refractivity contribution in [1.82, 2.24) is 30.0 Å². The van der Waals surface area contributed by atoms with Crippen molar-refractivity contribution in [2.24, 2.45) is 0 Å². The Bertz CT molecular complexity index is 662. The molecule has 0 spiro atoms. The van der Waals surface area contributed by atoms with Gasteiger partial charge in [-0.05, 0) is 6.92 Å². The number of aryl methyl sites for hydroxylation is 1. The van der Waals surface area contributed by atoms with Crippen LogP contribution in [0.4, 0.5) is 0 Å². The van der Waals surface area contributed by atoms with Crippen molar-refractivity contribution in [3.05, 3.63) is 29.4 Å². The van der Waals surface area contributed by atoms with E-state index in [1.807, 2.05) is 20.8 Å². The van der Waals surface area contributed by atoms with Gasteiger partial charge in [-0.2, -0.15) is 5.10 Å². The number of aromatic nitrogens is 5. The van der Waals surface area contributed by atoms with Gasteiger partial charge in [0.1, 0.15) is 23.4 Å². The molecule has 1 saturated heterocycles. The fraction of sp³-hybridized carbons (Fsp3) is 0.571. The molecule has 0 bridgehead atoms. The van der Waals surface area contributed by atoms with Crippen LogP contribution in [0.5, 0.6) is 0 Å². The third-order valence-corrected chi connectivity index (χ3v) is 3.63. The van der Waals surface area contributed by atoms with Crippen molar-refractivity contribution in [1.29, 1.82) is 0 Å². The van der Waals surface area contributed by atoms with E-state index in [1.165, 1.54) is 0 Å². The van der Waals surface area contributed by atoms with Gasteiger partial charge in [-0.3, -0.25) is 9.89 Å². The van der Waals surface area contributed by atoms with Gasteiger partial charge < -0.3 is 14.6 Å². The first-order valence-corrected chi connectivity index (χ1v) is 7.39. The summed E-state index contributed by atoms with van der Waals surface area (Å²) in [6.45, 7) is 7.35. The molecule has 8 heteroatoms. The van der Waals surface area contributed by atoms with Gasteiger partial charge in [0.05, 0.1) is 19.3 Å². The molecule has 2 aromatic heterocycles. The van der Waals surface area contributed by atoms with Gasteiger partial charge in [0.2, 0.25) is 0 Å². The average Bonchev–Trinajstić information content (AvgIpc) is 3.15. The molecule has 1 unspecified atom stereocenters. The normalized spacial score (nSPS) is 18.9. The van der Waals surface area contributed by atoms with Crippen molar-refractivity contribution < 1.29 is 9.53 Å². The zero-order valence-corrected chi connectivity index (χ0v) is 13.0. The van der Waals surface area contributed by atoms with E-state index in [-0.39, 0.29) is 17.9 Å². The van der Waals surface area contributed by atoms with Crippen LogP contribution in [0, 0.1) is 6.92 Å². The largest absolute Gasteiger partial charge is 0.366 e. The number of hydrogen-bond donors (Lipinski definition) is 2. The summed E-state index contributed by atoms with van der Waals surface area (Å²) in [5, 5.41) is 6.91. The summed E-state index contributed by atoms with van der Waals surface area (Å²) in [4.78, 5) is 25.9. The van der Waals surface area contributed by atoms with Crippen LogP contribution < -0.4 is 0 Å². The lowest BCUT2D eigenvalue weighted by Crippen LogP contribution is -2.42. The van der Waals surface area contributed by atoms with Crippen molar-refractivity contribution in [3.8, 4) is 0 Å². The highest BCUT2D eigenvalue weighted by Crippen LogP contribution is 2.20. The molecule has 2 N–H and O–H groups in total. The molecule has 0 aliphatic carbocycles. The topological polar surface area (TPSA) is 99.8 Å². The second-order valence-corrected chi connectivity index (χ2v) is 5.73. The van der Waals surface area contributed by atoms with Gasteiger partial charge in [-0.1, -0.05) is 13.8 Å². The first-order chi connectivity index (χ1) is 10.5. The van der Waals surface area contributed by atoms with Crippen molar-refractivity contribution >= 4 is 5.91 Å². The van der Waals surface area contributed by atoms with Gasteiger partial charge in [0.15, 0.2) is 5.82 Å². The van der Waals surface area contributed by atoms with Crippen LogP contribution in [0.25, 0.3) is 0 Å². The number of imidazole rings is 1. The van der Waals surface area contributed by atoms with E-state index < -0.39 is 0 Å². The summed E-state index contributed by atoms with van der Waals surface area (Å²) >= 11 is 0. The first kappa shape index (κ1) is 14.7. The van der Waals surface area contributed by atoms with E-state index in [2.05, 4.69) is 25.1 Å². The minimum absolute atomic E-state index is 0.0695. The fourth-order valence-corrected chi connectivity index (χ4v) is 2.40. The molecule has 1 amide bonds. The molecule has 8 nitrogen and oxygen atoms in total. The Balaban J connectivity index is 1.72. The van der Waals surface area contributed by atoms with Gasteiger partial charge in [0.25, 0.3) is 5.91 Å².